The Bertz CT molecular complexity index is 528. The van der Waals surface area contributed by atoms with Crippen molar-refractivity contribution in [3.05, 3.63) is 32.8 Å². The average Bonchev–Trinajstić information content (AvgIpc) is 2.42. The molecule has 0 aromatic heterocycles. The van der Waals surface area contributed by atoms with E-state index in [1.165, 1.54) is 6.07 Å². The van der Waals surface area contributed by atoms with E-state index < -0.39 is 4.92 Å². The van der Waals surface area contributed by atoms with Crippen LogP contribution in [-0.2, 0) is 4.79 Å². The highest BCUT2D eigenvalue weighted by Gasteiger charge is 2.21. The van der Waals surface area contributed by atoms with Crippen molar-refractivity contribution < 1.29 is 9.72 Å². The van der Waals surface area contributed by atoms with Crippen LogP contribution in [0.4, 0.5) is 11.4 Å². The number of halogens is 1. The molecule has 0 bridgehead atoms. The second-order valence-corrected chi connectivity index (χ2v) is 5.21. The number of hydrogen-bond donors (Lipinski definition) is 0. The summed E-state index contributed by atoms with van der Waals surface area (Å²) in [5.41, 5.74) is 1.70. The van der Waals surface area contributed by atoms with Gasteiger partial charge in [-0.1, -0.05) is 11.6 Å². The molecule has 0 aliphatic carbocycles. The van der Waals surface area contributed by atoms with Gasteiger partial charge in [-0.2, -0.15) is 0 Å². The third kappa shape index (κ3) is 3.08. The monoisotopic (exact) mass is 297 g/mol. The molecule has 1 saturated heterocycles. The summed E-state index contributed by atoms with van der Waals surface area (Å²) >= 11 is 5.97. The van der Waals surface area contributed by atoms with Crippen molar-refractivity contribution in [2.75, 3.05) is 37.6 Å². The van der Waals surface area contributed by atoms with Crippen molar-refractivity contribution in [1.29, 1.82) is 0 Å². The maximum absolute atomic E-state index is 10.8. The molecule has 1 aliphatic rings. The summed E-state index contributed by atoms with van der Waals surface area (Å²) in [5.74, 6) is 0. The van der Waals surface area contributed by atoms with Gasteiger partial charge in [0.05, 0.1) is 11.5 Å². The first-order valence-electron chi connectivity index (χ1n) is 6.38. The summed E-state index contributed by atoms with van der Waals surface area (Å²) in [4.78, 5) is 25.1. The molecule has 0 spiro atoms. The number of nitro groups is 1. The number of carbonyl (C=O) groups excluding carboxylic acids is 1. The SMILES string of the molecule is Cc1cc([N+](=O)[O-])c(Cl)cc1N1CCN(CC=O)CC1. The van der Waals surface area contributed by atoms with Gasteiger partial charge in [0.2, 0.25) is 0 Å². The molecule has 0 radical (unpaired) electrons. The van der Waals surface area contributed by atoms with Crippen molar-refractivity contribution >= 4 is 29.3 Å². The van der Waals surface area contributed by atoms with E-state index in [9.17, 15) is 14.9 Å². The fourth-order valence-electron chi connectivity index (χ4n) is 2.41. The molecule has 6 nitrogen and oxygen atoms in total. The number of benzene rings is 1. The van der Waals surface area contributed by atoms with Gasteiger partial charge in [-0.15, -0.1) is 0 Å². The predicted octanol–water partition coefficient (Wildman–Crippen LogP) is 1.88. The molecule has 1 aromatic rings. The van der Waals surface area contributed by atoms with E-state index in [1.807, 2.05) is 6.92 Å². The summed E-state index contributed by atoms with van der Waals surface area (Å²) in [5, 5.41) is 11.0. The van der Waals surface area contributed by atoms with E-state index in [2.05, 4.69) is 9.80 Å². The van der Waals surface area contributed by atoms with Crippen LogP contribution in [0.5, 0.6) is 0 Å². The number of piperazine rings is 1. The predicted molar refractivity (Wildman–Crippen MR) is 77.6 cm³/mol. The van der Waals surface area contributed by atoms with Gasteiger partial charge in [0.25, 0.3) is 5.69 Å². The van der Waals surface area contributed by atoms with E-state index in [0.29, 0.717) is 6.54 Å². The van der Waals surface area contributed by atoms with Crippen LogP contribution >= 0.6 is 11.6 Å². The van der Waals surface area contributed by atoms with Gasteiger partial charge < -0.3 is 9.69 Å². The van der Waals surface area contributed by atoms with Crippen LogP contribution in [0.1, 0.15) is 5.56 Å². The number of rotatable bonds is 4. The Morgan fingerprint density at radius 3 is 2.55 bits per heavy atom. The minimum Gasteiger partial charge on any atom is -0.369 e. The van der Waals surface area contributed by atoms with Crippen LogP contribution in [0.3, 0.4) is 0 Å². The van der Waals surface area contributed by atoms with Crippen molar-refractivity contribution in [1.82, 2.24) is 4.90 Å². The Balaban J connectivity index is 2.16. The third-order valence-electron chi connectivity index (χ3n) is 3.51. The Kier molecular flexibility index (Phi) is 4.57. The number of anilines is 1. The molecule has 0 saturated carbocycles. The van der Waals surface area contributed by atoms with E-state index in [0.717, 1.165) is 43.7 Å². The number of nitro benzene ring substituents is 1. The third-order valence-corrected chi connectivity index (χ3v) is 3.81. The van der Waals surface area contributed by atoms with E-state index in [1.54, 1.807) is 6.07 Å². The molecule has 7 heteroatoms. The number of nitrogens with zero attached hydrogens (tertiary/aromatic N) is 3. The fraction of sp³-hybridized carbons (Fsp3) is 0.462. The standard InChI is InChI=1S/C13H16ClN3O3/c1-10-8-13(17(19)20)11(14)9-12(10)16-4-2-15(3-5-16)6-7-18/h7-9H,2-6H2,1H3. The first kappa shape index (κ1) is 14.7. The van der Waals surface area contributed by atoms with Crippen LogP contribution in [0.2, 0.25) is 5.02 Å². The summed E-state index contributed by atoms with van der Waals surface area (Å²) in [6.07, 6.45) is 0.906. The largest absolute Gasteiger partial charge is 0.369 e. The lowest BCUT2D eigenvalue weighted by molar-refractivity contribution is -0.384. The second kappa shape index (κ2) is 6.19. The molecule has 2 rings (SSSR count). The van der Waals surface area contributed by atoms with Gasteiger partial charge in [0.1, 0.15) is 11.3 Å². The van der Waals surface area contributed by atoms with E-state index in [-0.39, 0.29) is 10.7 Å². The number of hydrogen-bond acceptors (Lipinski definition) is 5. The normalized spacial score (nSPS) is 16.2. The zero-order valence-electron chi connectivity index (χ0n) is 11.2. The molecule has 0 unspecified atom stereocenters. The van der Waals surface area contributed by atoms with Crippen LogP contribution in [0.15, 0.2) is 12.1 Å². The van der Waals surface area contributed by atoms with Crippen LogP contribution in [0.25, 0.3) is 0 Å². The summed E-state index contributed by atoms with van der Waals surface area (Å²) in [6, 6.07) is 3.17. The molecule has 20 heavy (non-hydrogen) atoms. The van der Waals surface area contributed by atoms with Gasteiger partial charge in [0, 0.05) is 37.9 Å². The Labute approximate surface area is 122 Å². The lowest BCUT2D eigenvalue weighted by Gasteiger charge is -2.36. The molecule has 0 amide bonds. The molecule has 0 atom stereocenters. The zero-order valence-corrected chi connectivity index (χ0v) is 12.0. The first-order valence-corrected chi connectivity index (χ1v) is 6.76. The zero-order chi connectivity index (χ0) is 14.7. The highest BCUT2D eigenvalue weighted by Crippen LogP contribution is 2.32. The number of aldehydes is 1. The van der Waals surface area contributed by atoms with E-state index in [4.69, 9.17) is 11.6 Å². The van der Waals surface area contributed by atoms with Crippen molar-refractivity contribution in [2.24, 2.45) is 0 Å². The minimum absolute atomic E-state index is 0.0625. The topological polar surface area (TPSA) is 66.7 Å². The minimum atomic E-state index is -0.471. The van der Waals surface area contributed by atoms with Gasteiger partial charge in [0.15, 0.2) is 0 Å². The first-order chi connectivity index (χ1) is 9.52. The van der Waals surface area contributed by atoms with Gasteiger partial charge in [-0.05, 0) is 18.6 Å². The van der Waals surface area contributed by atoms with E-state index >= 15 is 0 Å². The molecular formula is C13H16ClN3O3. The number of carbonyl (C=O) groups is 1. The molecule has 0 N–H and O–H groups in total. The van der Waals surface area contributed by atoms with Crippen molar-refractivity contribution in [3.8, 4) is 0 Å². The van der Waals surface area contributed by atoms with Gasteiger partial charge >= 0.3 is 0 Å². The Morgan fingerprint density at radius 1 is 1.35 bits per heavy atom. The van der Waals surface area contributed by atoms with Gasteiger partial charge in [-0.25, -0.2) is 0 Å². The maximum Gasteiger partial charge on any atom is 0.288 e. The molecule has 1 aromatic carbocycles. The molecule has 1 aliphatic heterocycles. The van der Waals surface area contributed by atoms with Crippen molar-refractivity contribution in [3.63, 3.8) is 0 Å². The molecule has 108 valence electrons. The smallest absolute Gasteiger partial charge is 0.288 e. The highest BCUT2D eigenvalue weighted by atomic mass is 35.5. The fourth-order valence-corrected chi connectivity index (χ4v) is 2.64. The second-order valence-electron chi connectivity index (χ2n) is 4.80. The summed E-state index contributed by atoms with van der Waals surface area (Å²) in [7, 11) is 0. The Morgan fingerprint density at radius 2 is 2.00 bits per heavy atom. The maximum atomic E-state index is 10.8. The van der Waals surface area contributed by atoms with Crippen LogP contribution < -0.4 is 4.90 Å². The molecule has 1 fully saturated rings. The van der Waals surface area contributed by atoms with Crippen LogP contribution in [0, 0.1) is 17.0 Å². The highest BCUT2D eigenvalue weighted by molar-refractivity contribution is 6.33. The number of aryl methyl sites for hydroxylation is 1. The lowest BCUT2D eigenvalue weighted by Crippen LogP contribution is -2.47. The summed E-state index contributed by atoms with van der Waals surface area (Å²) < 4.78 is 0. The van der Waals surface area contributed by atoms with Crippen LogP contribution in [-0.4, -0.2) is 48.8 Å². The molecule has 1 heterocycles. The average molecular weight is 298 g/mol. The summed E-state index contributed by atoms with van der Waals surface area (Å²) in [6.45, 7) is 5.45. The quantitative estimate of drug-likeness (QED) is 0.482. The van der Waals surface area contributed by atoms with Gasteiger partial charge in [-0.3, -0.25) is 15.0 Å². The molecular weight excluding hydrogens is 282 g/mol. The lowest BCUT2D eigenvalue weighted by atomic mass is 10.1. The Hall–Kier alpha value is -1.66. The van der Waals surface area contributed by atoms with Crippen molar-refractivity contribution in [2.45, 2.75) is 6.92 Å².